The van der Waals surface area contributed by atoms with Crippen LogP contribution in [0.3, 0.4) is 0 Å². The number of nitrogens with two attached hydrogens (primary N) is 1. The van der Waals surface area contributed by atoms with Gasteiger partial charge in [-0.25, -0.2) is 4.79 Å². The molecular formula is C34H43N7O10S. The molecule has 0 unspecified atom stereocenters. The van der Waals surface area contributed by atoms with Crippen molar-refractivity contribution in [2.24, 2.45) is 5.73 Å². The fourth-order valence-corrected chi connectivity index (χ4v) is 5.54. The number of hydrogen-bond acceptors (Lipinski definition) is 10. The number of carbonyl (C=O) groups excluding carboxylic acids is 5. The van der Waals surface area contributed by atoms with E-state index in [9.17, 15) is 43.8 Å². The molecular weight excluding hydrogens is 698 g/mol. The summed E-state index contributed by atoms with van der Waals surface area (Å²) >= 11 is 1.35. The van der Waals surface area contributed by atoms with Crippen LogP contribution in [0.15, 0.2) is 54.7 Å². The van der Waals surface area contributed by atoms with E-state index in [-0.39, 0.29) is 25.0 Å². The molecule has 17 nitrogen and oxygen atoms in total. The lowest BCUT2D eigenvalue weighted by Crippen LogP contribution is -2.57. The Morgan fingerprint density at radius 1 is 0.788 bits per heavy atom. The maximum absolute atomic E-state index is 13.8. The summed E-state index contributed by atoms with van der Waals surface area (Å²) in [6.07, 6.45) is 2.53. The molecule has 0 radical (unpaired) electrons. The highest BCUT2D eigenvalue weighted by Gasteiger charge is 2.31. The lowest BCUT2D eigenvalue weighted by atomic mass is 10.0. The Kier molecular flexibility index (Phi) is 15.4. The predicted molar refractivity (Wildman–Crippen MR) is 191 cm³/mol. The molecule has 0 fully saturated rings. The number of aromatic nitrogens is 1. The first-order valence-corrected chi connectivity index (χ1v) is 17.6. The number of aromatic amines is 1. The van der Waals surface area contributed by atoms with Crippen LogP contribution in [0.25, 0.3) is 10.9 Å². The lowest BCUT2D eigenvalue weighted by Gasteiger charge is -2.24. The van der Waals surface area contributed by atoms with Crippen molar-refractivity contribution in [3.8, 4) is 5.75 Å². The van der Waals surface area contributed by atoms with Crippen molar-refractivity contribution in [1.29, 1.82) is 0 Å². The summed E-state index contributed by atoms with van der Waals surface area (Å²) in [5, 5.41) is 41.2. The maximum atomic E-state index is 13.8. The summed E-state index contributed by atoms with van der Waals surface area (Å²) in [4.78, 5) is 91.6. The number of carboxylic acids is 2. The van der Waals surface area contributed by atoms with Crippen molar-refractivity contribution in [1.82, 2.24) is 31.6 Å². The van der Waals surface area contributed by atoms with Gasteiger partial charge in [0.15, 0.2) is 0 Å². The number of fused-ring (bicyclic) bond motifs is 1. The molecule has 11 N–H and O–H groups in total. The zero-order valence-electron chi connectivity index (χ0n) is 28.5. The molecule has 5 amide bonds. The standard InChI is InChI=1S/C34H43N7O10S/c1-18(35)30(46)40-25(13-19-7-9-21(42)10-8-19)31(47)37-17-28(43)38-26(14-20-16-36-23-6-4-3-5-22(20)23)33(49)39-24(11-12-52-2)32(48)41-27(34(50)51)15-29(44)45/h3-10,16,18,24-27,36,42H,11-15,17,35H2,1-2H3,(H,37,47)(H,38,43)(H,39,49)(H,40,46)(H,41,48)(H,44,45)(H,50,51)/t18-,24-,25-,26-,27-/m0/s1. The second kappa shape index (κ2) is 19.7. The van der Waals surface area contributed by atoms with E-state index in [2.05, 4.69) is 31.6 Å². The Morgan fingerprint density at radius 2 is 1.40 bits per heavy atom. The highest BCUT2D eigenvalue weighted by atomic mass is 32.2. The van der Waals surface area contributed by atoms with Crippen molar-refractivity contribution >= 4 is 64.1 Å². The normalized spacial score (nSPS) is 13.8. The molecule has 18 heteroatoms. The van der Waals surface area contributed by atoms with E-state index >= 15 is 0 Å². The van der Waals surface area contributed by atoms with Crippen LogP contribution < -0.4 is 32.3 Å². The minimum absolute atomic E-state index is 0.00566. The Labute approximate surface area is 302 Å². The topological polar surface area (TPSA) is 282 Å². The SMILES string of the molecule is CSCC[C@H](NC(=O)[C@H](Cc1c[nH]c2ccccc12)NC(=O)CNC(=O)[C@H](Cc1ccc(O)cc1)NC(=O)[C@H](C)N)C(=O)N[C@@H](CC(=O)O)C(=O)O. The number of para-hydroxylation sites is 1. The Hall–Kier alpha value is -5.62. The van der Waals surface area contributed by atoms with Crippen LogP contribution >= 0.6 is 11.8 Å². The molecule has 1 aromatic heterocycles. The average Bonchev–Trinajstić information content (AvgIpc) is 3.51. The molecule has 3 aromatic rings. The molecule has 5 atom stereocenters. The molecule has 0 bridgehead atoms. The van der Waals surface area contributed by atoms with Gasteiger partial charge in [-0.2, -0.15) is 11.8 Å². The lowest BCUT2D eigenvalue weighted by molar-refractivity contribution is -0.147. The fraction of sp³-hybridized carbons (Fsp3) is 0.382. The second-order valence-electron chi connectivity index (χ2n) is 12.0. The first-order valence-electron chi connectivity index (χ1n) is 16.2. The number of phenolic OH excluding ortho intramolecular Hbond substituents is 1. The fourth-order valence-electron chi connectivity index (χ4n) is 5.07. The zero-order valence-corrected chi connectivity index (χ0v) is 29.3. The molecule has 0 spiro atoms. The first-order chi connectivity index (χ1) is 24.7. The molecule has 2 aromatic carbocycles. The van der Waals surface area contributed by atoms with Gasteiger partial charge in [0.2, 0.25) is 29.5 Å². The highest BCUT2D eigenvalue weighted by molar-refractivity contribution is 7.98. The van der Waals surface area contributed by atoms with E-state index in [1.54, 1.807) is 30.7 Å². The summed E-state index contributed by atoms with van der Waals surface area (Å²) in [5.41, 5.74) is 7.68. The minimum Gasteiger partial charge on any atom is -0.508 e. The van der Waals surface area contributed by atoms with Gasteiger partial charge in [0.1, 0.15) is 29.9 Å². The number of thioether (sulfide) groups is 1. The van der Waals surface area contributed by atoms with E-state index < -0.39 is 84.6 Å². The third-order valence-electron chi connectivity index (χ3n) is 7.83. The van der Waals surface area contributed by atoms with Crippen LogP contribution in [0.1, 0.15) is 30.9 Å². The Bertz CT molecular complexity index is 1750. The van der Waals surface area contributed by atoms with Gasteiger partial charge in [-0.05, 0) is 54.7 Å². The van der Waals surface area contributed by atoms with Crippen molar-refractivity contribution < 1.29 is 48.9 Å². The van der Waals surface area contributed by atoms with E-state index in [1.807, 2.05) is 18.2 Å². The van der Waals surface area contributed by atoms with Crippen LogP contribution in [-0.2, 0) is 46.4 Å². The number of phenols is 1. The average molecular weight is 742 g/mol. The van der Waals surface area contributed by atoms with Gasteiger partial charge in [-0.1, -0.05) is 30.3 Å². The largest absolute Gasteiger partial charge is 0.508 e. The van der Waals surface area contributed by atoms with Crippen LogP contribution in [0.2, 0.25) is 0 Å². The minimum atomic E-state index is -1.75. The van der Waals surface area contributed by atoms with E-state index in [0.29, 0.717) is 16.9 Å². The molecule has 0 saturated carbocycles. The summed E-state index contributed by atoms with van der Waals surface area (Å²) in [6, 6.07) is 6.78. The van der Waals surface area contributed by atoms with E-state index in [1.165, 1.54) is 30.8 Å². The van der Waals surface area contributed by atoms with Crippen molar-refractivity contribution in [3.63, 3.8) is 0 Å². The van der Waals surface area contributed by atoms with Gasteiger partial charge in [0, 0.05) is 29.9 Å². The number of amides is 5. The number of rotatable bonds is 20. The van der Waals surface area contributed by atoms with Crippen molar-refractivity contribution in [3.05, 3.63) is 65.9 Å². The number of carboxylic acid groups (broad SMARTS) is 2. The smallest absolute Gasteiger partial charge is 0.326 e. The number of aliphatic carboxylic acids is 2. The number of H-pyrrole nitrogens is 1. The number of aromatic hydroxyl groups is 1. The Balaban J connectivity index is 1.80. The van der Waals surface area contributed by atoms with Gasteiger partial charge >= 0.3 is 11.9 Å². The third kappa shape index (κ3) is 12.6. The first kappa shape index (κ1) is 40.8. The summed E-state index contributed by atoms with van der Waals surface area (Å²) < 4.78 is 0. The number of carbonyl (C=O) groups is 7. The zero-order chi connectivity index (χ0) is 38.4. The predicted octanol–water partition coefficient (Wildman–Crippen LogP) is -0.626. The van der Waals surface area contributed by atoms with E-state index in [4.69, 9.17) is 10.8 Å². The highest BCUT2D eigenvalue weighted by Crippen LogP contribution is 2.19. The molecule has 3 rings (SSSR count). The summed E-state index contributed by atoms with van der Waals surface area (Å²) in [6.45, 7) is 0.829. The Morgan fingerprint density at radius 3 is 2.04 bits per heavy atom. The maximum Gasteiger partial charge on any atom is 0.326 e. The van der Waals surface area contributed by atoms with Crippen molar-refractivity contribution in [2.75, 3.05) is 18.6 Å². The molecule has 0 aliphatic carbocycles. The summed E-state index contributed by atoms with van der Waals surface area (Å²) in [7, 11) is 0. The quantitative estimate of drug-likeness (QED) is 0.0693. The molecule has 0 aliphatic heterocycles. The second-order valence-corrected chi connectivity index (χ2v) is 12.9. The number of hydrogen-bond donors (Lipinski definition) is 10. The summed E-state index contributed by atoms with van der Waals surface area (Å²) in [5.74, 6) is -6.49. The van der Waals surface area contributed by atoms with Gasteiger partial charge in [0.25, 0.3) is 0 Å². The molecule has 1 heterocycles. The van der Waals surface area contributed by atoms with Gasteiger partial charge in [0.05, 0.1) is 19.0 Å². The van der Waals surface area contributed by atoms with Crippen LogP contribution in [0.5, 0.6) is 5.75 Å². The molecule has 280 valence electrons. The van der Waals surface area contributed by atoms with Gasteiger partial charge < -0.3 is 52.6 Å². The number of benzene rings is 2. The van der Waals surface area contributed by atoms with Crippen molar-refractivity contribution in [2.45, 2.75) is 62.8 Å². The monoisotopic (exact) mass is 741 g/mol. The van der Waals surface area contributed by atoms with Crippen LogP contribution in [-0.4, -0.2) is 111 Å². The number of nitrogens with one attached hydrogen (secondary N) is 6. The van der Waals surface area contributed by atoms with Gasteiger partial charge in [-0.3, -0.25) is 28.8 Å². The molecule has 0 saturated heterocycles. The van der Waals surface area contributed by atoms with E-state index in [0.717, 1.165) is 10.9 Å². The third-order valence-corrected chi connectivity index (χ3v) is 8.48. The van der Waals surface area contributed by atoms with Crippen LogP contribution in [0, 0.1) is 0 Å². The van der Waals surface area contributed by atoms with Gasteiger partial charge in [-0.15, -0.1) is 0 Å². The van der Waals surface area contributed by atoms with Crippen LogP contribution in [0.4, 0.5) is 0 Å². The molecule has 52 heavy (non-hydrogen) atoms. The molecule has 0 aliphatic rings.